The van der Waals surface area contributed by atoms with Gasteiger partial charge in [-0.05, 0) is 19.1 Å². The molecule has 104 valence electrons. The fourth-order valence-electron chi connectivity index (χ4n) is 2.19. The van der Waals surface area contributed by atoms with Gasteiger partial charge in [0.05, 0.1) is 7.11 Å². The number of para-hydroxylation sites is 1. The van der Waals surface area contributed by atoms with Crippen molar-refractivity contribution >= 4 is 24.1 Å². The quantitative estimate of drug-likeness (QED) is 0.859. The van der Waals surface area contributed by atoms with Crippen molar-refractivity contribution in [3.63, 3.8) is 0 Å². The molecule has 1 aliphatic rings. The molecule has 20 heavy (non-hydrogen) atoms. The second-order valence-corrected chi connectivity index (χ2v) is 4.43. The van der Waals surface area contributed by atoms with Crippen LogP contribution < -0.4 is 14.6 Å². The van der Waals surface area contributed by atoms with Gasteiger partial charge in [0.15, 0.2) is 6.04 Å². The van der Waals surface area contributed by atoms with Gasteiger partial charge in [0.1, 0.15) is 23.8 Å². The topological polar surface area (TPSA) is 55.1 Å². The average molecular weight is 293 g/mol. The number of rotatable bonds is 2. The number of aromatic nitrogens is 2. The van der Waals surface area contributed by atoms with Crippen LogP contribution in [0.15, 0.2) is 36.7 Å². The number of hydrogen-bond acceptors (Lipinski definition) is 4. The fraction of sp³-hybridized carbons (Fsp3) is 0.214. The Bertz CT molecular complexity index is 661. The highest BCUT2D eigenvalue weighted by Gasteiger charge is 2.35. The largest absolute Gasteiger partial charge is 0.496 e. The number of anilines is 1. The zero-order chi connectivity index (χ0) is 13.4. The van der Waals surface area contributed by atoms with Gasteiger partial charge in [0.25, 0.3) is 0 Å². The first kappa shape index (κ1) is 14.3. The minimum atomic E-state index is -0.213. The predicted molar refractivity (Wildman–Crippen MR) is 77.4 cm³/mol. The zero-order valence-corrected chi connectivity index (χ0v) is 12.0. The summed E-state index contributed by atoms with van der Waals surface area (Å²) in [5.41, 5.74) is 1.58. The molecule has 5 nitrogen and oxygen atoms in total. The SMILES string of the molecule is COc1ccccc1-c1c[n+]2c(cn1)NC(C)C2=O.Cl. The molecule has 2 heterocycles. The van der Waals surface area contributed by atoms with Crippen molar-refractivity contribution in [2.75, 3.05) is 12.4 Å². The Kier molecular flexibility index (Phi) is 3.90. The van der Waals surface area contributed by atoms with E-state index in [9.17, 15) is 4.79 Å². The van der Waals surface area contributed by atoms with Crippen molar-refractivity contribution in [3.8, 4) is 17.0 Å². The lowest BCUT2D eigenvalue weighted by Gasteiger charge is -2.06. The first-order chi connectivity index (χ1) is 9.20. The number of fused-ring (bicyclic) bond motifs is 1. The van der Waals surface area contributed by atoms with Crippen LogP contribution in [-0.4, -0.2) is 24.0 Å². The molecule has 1 aliphatic heterocycles. The van der Waals surface area contributed by atoms with Crippen molar-refractivity contribution < 1.29 is 14.1 Å². The summed E-state index contributed by atoms with van der Waals surface area (Å²) < 4.78 is 6.91. The maximum absolute atomic E-state index is 12.0. The molecule has 1 unspecified atom stereocenters. The summed E-state index contributed by atoms with van der Waals surface area (Å²) in [4.78, 5) is 16.4. The maximum Gasteiger partial charge on any atom is 0.358 e. The summed E-state index contributed by atoms with van der Waals surface area (Å²) in [6.07, 6.45) is 3.41. The molecule has 0 fully saturated rings. The molecule has 0 saturated heterocycles. The monoisotopic (exact) mass is 292 g/mol. The molecule has 6 heteroatoms. The molecule has 0 bridgehead atoms. The highest BCUT2D eigenvalue weighted by atomic mass is 35.5. The third kappa shape index (κ3) is 2.20. The normalized spacial score (nSPS) is 16.1. The zero-order valence-electron chi connectivity index (χ0n) is 11.2. The molecular weight excluding hydrogens is 278 g/mol. The van der Waals surface area contributed by atoms with Gasteiger partial charge < -0.3 is 4.74 Å². The van der Waals surface area contributed by atoms with Crippen LogP contribution in [0, 0.1) is 0 Å². The minimum Gasteiger partial charge on any atom is -0.496 e. The van der Waals surface area contributed by atoms with Gasteiger partial charge >= 0.3 is 11.7 Å². The van der Waals surface area contributed by atoms with E-state index in [0.717, 1.165) is 17.1 Å². The first-order valence-electron chi connectivity index (χ1n) is 6.06. The van der Waals surface area contributed by atoms with Gasteiger partial charge in [-0.15, -0.1) is 12.4 Å². The van der Waals surface area contributed by atoms with Crippen LogP contribution in [0.5, 0.6) is 5.75 Å². The van der Waals surface area contributed by atoms with Gasteiger partial charge in [0.2, 0.25) is 0 Å². The number of nitrogens with zero attached hydrogens (tertiary/aromatic N) is 2. The third-order valence-corrected chi connectivity index (χ3v) is 3.19. The molecule has 3 rings (SSSR count). The van der Waals surface area contributed by atoms with Gasteiger partial charge in [-0.3, -0.25) is 5.32 Å². The van der Waals surface area contributed by atoms with Gasteiger partial charge in [-0.1, -0.05) is 12.1 Å². The number of methoxy groups -OCH3 is 1. The number of halogens is 1. The molecule has 1 aromatic heterocycles. The Hall–Kier alpha value is -2.14. The Labute approximate surface area is 123 Å². The predicted octanol–water partition coefficient (Wildman–Crippen LogP) is 1.92. The van der Waals surface area contributed by atoms with Gasteiger partial charge in [-0.2, -0.15) is 4.57 Å². The van der Waals surface area contributed by atoms with E-state index in [-0.39, 0.29) is 24.4 Å². The molecule has 0 radical (unpaired) electrons. The second kappa shape index (κ2) is 5.46. The van der Waals surface area contributed by atoms with Gasteiger partial charge in [0, 0.05) is 5.56 Å². The summed E-state index contributed by atoms with van der Waals surface area (Å²) in [5.74, 6) is 1.48. The highest BCUT2D eigenvalue weighted by molar-refractivity contribution is 5.85. The number of carbonyl (C=O) groups is 1. The Balaban J connectivity index is 0.00000147. The van der Waals surface area contributed by atoms with E-state index in [1.54, 1.807) is 24.1 Å². The number of nitrogens with one attached hydrogen (secondary N) is 1. The molecule has 0 aliphatic carbocycles. The lowest BCUT2D eigenvalue weighted by Crippen LogP contribution is -2.42. The van der Waals surface area contributed by atoms with Crippen LogP contribution in [0.2, 0.25) is 0 Å². The Morgan fingerprint density at radius 1 is 1.35 bits per heavy atom. The number of ether oxygens (including phenoxy) is 1. The van der Waals surface area contributed by atoms with E-state index in [1.807, 2.05) is 31.2 Å². The number of carbonyl (C=O) groups excluding carboxylic acids is 1. The van der Waals surface area contributed by atoms with Crippen molar-refractivity contribution in [1.29, 1.82) is 0 Å². The Morgan fingerprint density at radius 2 is 2.10 bits per heavy atom. The molecule has 0 saturated carbocycles. The van der Waals surface area contributed by atoms with E-state index in [0.29, 0.717) is 5.69 Å². The smallest absolute Gasteiger partial charge is 0.358 e. The first-order valence-corrected chi connectivity index (χ1v) is 6.06. The van der Waals surface area contributed by atoms with Crippen LogP contribution in [0.3, 0.4) is 0 Å². The Morgan fingerprint density at radius 3 is 2.85 bits per heavy atom. The van der Waals surface area contributed by atoms with Crippen LogP contribution in [0.4, 0.5) is 5.82 Å². The molecule has 0 amide bonds. The van der Waals surface area contributed by atoms with E-state index in [2.05, 4.69) is 10.3 Å². The van der Waals surface area contributed by atoms with Gasteiger partial charge in [-0.25, -0.2) is 9.78 Å². The van der Waals surface area contributed by atoms with E-state index in [4.69, 9.17) is 4.74 Å². The third-order valence-electron chi connectivity index (χ3n) is 3.19. The van der Waals surface area contributed by atoms with Crippen LogP contribution >= 0.6 is 12.4 Å². The minimum absolute atomic E-state index is 0. The van der Waals surface area contributed by atoms with Crippen molar-refractivity contribution in [3.05, 3.63) is 36.7 Å². The summed E-state index contributed by atoms with van der Waals surface area (Å²) >= 11 is 0. The summed E-state index contributed by atoms with van der Waals surface area (Å²) in [6, 6.07) is 7.40. The lowest BCUT2D eigenvalue weighted by atomic mass is 10.1. The summed E-state index contributed by atoms with van der Waals surface area (Å²) in [7, 11) is 1.62. The van der Waals surface area contributed by atoms with E-state index < -0.39 is 0 Å². The molecule has 0 spiro atoms. The van der Waals surface area contributed by atoms with Crippen molar-refractivity contribution in [1.82, 2.24) is 4.98 Å². The maximum atomic E-state index is 12.0. The molecule has 1 N–H and O–H groups in total. The molecular formula is C14H15ClN3O2+. The van der Waals surface area contributed by atoms with E-state index in [1.165, 1.54) is 0 Å². The van der Waals surface area contributed by atoms with Crippen LogP contribution in [-0.2, 0) is 0 Å². The molecule has 1 atom stereocenters. The fourth-order valence-corrected chi connectivity index (χ4v) is 2.19. The molecule has 2 aromatic rings. The molecule has 1 aromatic carbocycles. The summed E-state index contributed by atoms with van der Waals surface area (Å²) in [6.45, 7) is 1.83. The standard InChI is InChI=1S/C14H13N3O2.ClH/c1-9-14(18)17-8-11(15-7-13(17)16-9)10-5-3-4-6-12(10)19-2;/h3-9H,1-2H3;1H/p+1. The second-order valence-electron chi connectivity index (χ2n) is 4.43. The van der Waals surface area contributed by atoms with Crippen LogP contribution in [0.1, 0.15) is 11.7 Å². The summed E-state index contributed by atoms with van der Waals surface area (Å²) in [5, 5.41) is 3.07. The van der Waals surface area contributed by atoms with Crippen LogP contribution in [0.25, 0.3) is 11.3 Å². The van der Waals surface area contributed by atoms with Crippen molar-refractivity contribution in [2.45, 2.75) is 13.0 Å². The number of hydrogen-bond donors (Lipinski definition) is 1. The lowest BCUT2D eigenvalue weighted by molar-refractivity contribution is -0.552. The number of benzene rings is 1. The highest BCUT2D eigenvalue weighted by Crippen LogP contribution is 2.27. The van der Waals surface area contributed by atoms with E-state index >= 15 is 0 Å². The van der Waals surface area contributed by atoms with Crippen molar-refractivity contribution in [2.24, 2.45) is 0 Å². The average Bonchev–Trinajstić information content (AvgIpc) is 2.74.